The number of hydrogen-bond donors (Lipinski definition) is 1. The van der Waals surface area contributed by atoms with E-state index in [0.29, 0.717) is 37.8 Å². The fourth-order valence-electron chi connectivity index (χ4n) is 4.37. The molecule has 2 aromatic carbocycles. The van der Waals surface area contributed by atoms with Crippen molar-refractivity contribution in [1.29, 1.82) is 0 Å². The normalized spacial score (nSPS) is 18.6. The van der Waals surface area contributed by atoms with Crippen LogP contribution >= 0.6 is 0 Å². The zero-order chi connectivity index (χ0) is 25.4. The van der Waals surface area contributed by atoms with E-state index in [9.17, 15) is 5.11 Å². The summed E-state index contributed by atoms with van der Waals surface area (Å²) in [6.07, 6.45) is 4.68. The van der Waals surface area contributed by atoms with Gasteiger partial charge in [-0.15, -0.1) is 0 Å². The van der Waals surface area contributed by atoms with Crippen LogP contribution in [0, 0.1) is 6.92 Å². The molecule has 0 bridgehead atoms. The number of hydrogen-bond acceptors (Lipinski definition) is 7. The van der Waals surface area contributed by atoms with Gasteiger partial charge in [-0.25, -0.2) is 4.98 Å². The van der Waals surface area contributed by atoms with Crippen LogP contribution < -0.4 is 14.2 Å². The summed E-state index contributed by atoms with van der Waals surface area (Å²) in [7, 11) is 1.65. The average molecular weight is 496 g/mol. The van der Waals surface area contributed by atoms with Crippen molar-refractivity contribution in [3.63, 3.8) is 0 Å². The highest BCUT2D eigenvalue weighted by Gasteiger charge is 2.33. The third-order valence-corrected chi connectivity index (χ3v) is 6.31. The van der Waals surface area contributed by atoms with Crippen LogP contribution in [0.25, 0.3) is 0 Å². The molecule has 8 nitrogen and oxygen atoms in total. The molecule has 1 aromatic heterocycles. The molecule has 1 aliphatic heterocycles. The summed E-state index contributed by atoms with van der Waals surface area (Å²) in [6.45, 7) is 8.16. The van der Waals surface area contributed by atoms with E-state index in [0.717, 1.165) is 36.6 Å². The first-order valence-electron chi connectivity index (χ1n) is 12.5. The lowest BCUT2D eigenvalue weighted by Gasteiger charge is -2.30. The second-order valence-corrected chi connectivity index (χ2v) is 9.31. The third kappa shape index (κ3) is 7.00. The summed E-state index contributed by atoms with van der Waals surface area (Å²) < 4.78 is 25.3. The Bertz CT molecular complexity index is 1100. The molecule has 2 heterocycles. The maximum absolute atomic E-state index is 11.2. The summed E-state index contributed by atoms with van der Waals surface area (Å²) in [6, 6.07) is 13.8. The van der Waals surface area contributed by atoms with E-state index in [1.165, 1.54) is 5.56 Å². The van der Waals surface area contributed by atoms with Crippen molar-refractivity contribution in [1.82, 2.24) is 14.5 Å². The second-order valence-electron chi connectivity index (χ2n) is 9.31. The van der Waals surface area contributed by atoms with E-state index in [-0.39, 0.29) is 13.2 Å². The van der Waals surface area contributed by atoms with Crippen molar-refractivity contribution in [3.8, 4) is 17.2 Å². The van der Waals surface area contributed by atoms with E-state index < -0.39 is 5.60 Å². The molecule has 3 aromatic rings. The molecule has 0 saturated carbocycles. The first kappa shape index (κ1) is 26.0. The van der Waals surface area contributed by atoms with Gasteiger partial charge in [0.25, 0.3) is 0 Å². The highest BCUT2D eigenvalue weighted by Crippen LogP contribution is 2.29. The largest absolute Gasteiger partial charge is 0.493 e. The lowest BCUT2D eigenvalue weighted by Crippen LogP contribution is -2.48. The van der Waals surface area contributed by atoms with E-state index in [2.05, 4.69) is 21.4 Å². The first-order valence-corrected chi connectivity index (χ1v) is 12.5. The molecule has 0 aliphatic carbocycles. The van der Waals surface area contributed by atoms with Crippen molar-refractivity contribution in [2.75, 3.05) is 46.6 Å². The molecule has 1 saturated heterocycles. The molecule has 1 atom stereocenters. The van der Waals surface area contributed by atoms with Gasteiger partial charge in [0.05, 0.1) is 26.9 Å². The van der Waals surface area contributed by atoms with Gasteiger partial charge < -0.3 is 28.6 Å². The van der Waals surface area contributed by atoms with Gasteiger partial charge in [0.1, 0.15) is 30.4 Å². The summed E-state index contributed by atoms with van der Waals surface area (Å²) >= 11 is 0. The standard InChI is InChI=1S/C28H37N3O5/c1-4-27-29-11-12-31(27)14-16-35-25-10-7-23(17-26(25)33-3)18-30-13-15-34-20-28(32,19-30)21-36-24-8-5-22(2)6-9-24/h5-12,17,32H,4,13-16,18-21H2,1-3H3/t28-/m1/s1. The maximum atomic E-state index is 11.2. The number of imidazole rings is 1. The van der Waals surface area contributed by atoms with Gasteiger partial charge in [-0.05, 0) is 36.8 Å². The number of aryl methyl sites for hydroxylation is 2. The van der Waals surface area contributed by atoms with E-state index in [1.807, 2.05) is 61.8 Å². The fourth-order valence-corrected chi connectivity index (χ4v) is 4.37. The van der Waals surface area contributed by atoms with E-state index in [4.69, 9.17) is 18.9 Å². The van der Waals surface area contributed by atoms with Crippen molar-refractivity contribution < 1.29 is 24.1 Å². The Labute approximate surface area is 213 Å². The Morgan fingerprint density at radius 3 is 2.72 bits per heavy atom. The molecule has 1 fully saturated rings. The predicted octanol–water partition coefficient (Wildman–Crippen LogP) is 3.48. The Morgan fingerprint density at radius 1 is 1.11 bits per heavy atom. The summed E-state index contributed by atoms with van der Waals surface area (Å²) in [5, 5.41) is 11.2. The van der Waals surface area contributed by atoms with Crippen LogP contribution in [0.2, 0.25) is 0 Å². The second kappa shape index (κ2) is 12.3. The molecule has 1 N–H and O–H groups in total. The fraction of sp³-hybridized carbons (Fsp3) is 0.464. The molecule has 0 unspecified atom stereocenters. The van der Waals surface area contributed by atoms with Crippen LogP contribution in [0.1, 0.15) is 23.9 Å². The van der Waals surface area contributed by atoms with Crippen LogP contribution in [0.3, 0.4) is 0 Å². The molecule has 36 heavy (non-hydrogen) atoms. The highest BCUT2D eigenvalue weighted by molar-refractivity contribution is 5.43. The van der Waals surface area contributed by atoms with E-state index >= 15 is 0 Å². The maximum Gasteiger partial charge on any atom is 0.161 e. The summed E-state index contributed by atoms with van der Waals surface area (Å²) in [5.41, 5.74) is 1.14. The number of benzene rings is 2. The molecule has 0 spiro atoms. The minimum Gasteiger partial charge on any atom is -0.493 e. The Kier molecular flexibility index (Phi) is 8.85. The Balaban J connectivity index is 1.34. The molecule has 4 rings (SSSR count). The highest BCUT2D eigenvalue weighted by atomic mass is 16.5. The van der Waals surface area contributed by atoms with Crippen molar-refractivity contribution in [2.45, 2.75) is 39.0 Å². The van der Waals surface area contributed by atoms with Crippen LogP contribution in [-0.2, 0) is 24.2 Å². The third-order valence-electron chi connectivity index (χ3n) is 6.31. The van der Waals surface area contributed by atoms with Gasteiger partial charge in [0.2, 0.25) is 0 Å². The first-order chi connectivity index (χ1) is 17.5. The minimum absolute atomic E-state index is 0.166. The Hall–Kier alpha value is -3.07. The number of β-amino-alcohol motifs (C(OH)–C–C–N with tert-alkyl or cyclic N) is 1. The minimum atomic E-state index is -1.10. The van der Waals surface area contributed by atoms with Crippen molar-refractivity contribution >= 4 is 0 Å². The predicted molar refractivity (Wildman–Crippen MR) is 138 cm³/mol. The SMILES string of the molecule is CCc1nccn1CCOc1ccc(CN2CCOC[C@@](O)(COc3ccc(C)cc3)C2)cc1OC. The lowest BCUT2D eigenvalue weighted by molar-refractivity contribution is -0.0646. The molecule has 1 aliphatic rings. The topological polar surface area (TPSA) is 78.2 Å². The van der Waals surface area contributed by atoms with Crippen LogP contribution in [0.15, 0.2) is 54.9 Å². The van der Waals surface area contributed by atoms with Gasteiger partial charge in [-0.3, -0.25) is 4.90 Å². The van der Waals surface area contributed by atoms with Gasteiger partial charge in [0.15, 0.2) is 11.5 Å². The van der Waals surface area contributed by atoms with Gasteiger partial charge in [-0.1, -0.05) is 30.7 Å². The van der Waals surface area contributed by atoms with Crippen LogP contribution in [-0.4, -0.2) is 71.8 Å². The summed E-state index contributed by atoms with van der Waals surface area (Å²) in [4.78, 5) is 6.54. The molecule has 0 radical (unpaired) electrons. The molecule has 0 amide bonds. The number of aromatic nitrogens is 2. The van der Waals surface area contributed by atoms with Crippen molar-refractivity contribution in [3.05, 3.63) is 71.8 Å². The summed E-state index contributed by atoms with van der Waals surface area (Å²) in [5.74, 6) is 3.19. The zero-order valence-corrected chi connectivity index (χ0v) is 21.5. The van der Waals surface area contributed by atoms with Crippen LogP contribution in [0.5, 0.6) is 17.2 Å². The monoisotopic (exact) mass is 495 g/mol. The van der Waals surface area contributed by atoms with E-state index in [1.54, 1.807) is 7.11 Å². The quantitative estimate of drug-likeness (QED) is 0.436. The van der Waals surface area contributed by atoms with Gasteiger partial charge in [0, 0.05) is 38.4 Å². The lowest BCUT2D eigenvalue weighted by atomic mass is 10.1. The number of ether oxygens (including phenoxy) is 4. The van der Waals surface area contributed by atoms with Crippen LogP contribution in [0.4, 0.5) is 0 Å². The number of methoxy groups -OCH3 is 1. The number of aliphatic hydroxyl groups is 1. The number of nitrogens with zero attached hydrogens (tertiary/aromatic N) is 3. The number of rotatable bonds is 11. The zero-order valence-electron chi connectivity index (χ0n) is 21.5. The van der Waals surface area contributed by atoms with Crippen molar-refractivity contribution in [2.24, 2.45) is 0 Å². The van der Waals surface area contributed by atoms with Gasteiger partial charge in [-0.2, -0.15) is 0 Å². The molecule has 8 heteroatoms. The molecule has 194 valence electrons. The Morgan fingerprint density at radius 2 is 1.94 bits per heavy atom. The smallest absolute Gasteiger partial charge is 0.161 e. The molecular weight excluding hydrogens is 458 g/mol. The van der Waals surface area contributed by atoms with Gasteiger partial charge >= 0.3 is 0 Å². The average Bonchev–Trinajstić information content (AvgIpc) is 3.26. The molecular formula is C28H37N3O5.